The molecule has 132 valence electrons. The molecule has 2 N–H and O–H groups in total. The molecular formula is C19H23N3O3. The number of nitrogens with one attached hydrogen (secondary N) is 1. The van der Waals surface area contributed by atoms with Gasteiger partial charge in [0.05, 0.1) is 17.8 Å². The van der Waals surface area contributed by atoms with E-state index in [1.165, 1.54) is 19.8 Å². The normalized spacial score (nSPS) is 22.1. The van der Waals surface area contributed by atoms with Crippen LogP contribution in [0.15, 0.2) is 18.2 Å². The highest BCUT2D eigenvalue weighted by Gasteiger charge is 2.37. The van der Waals surface area contributed by atoms with Gasteiger partial charge in [-0.15, -0.1) is 0 Å². The fourth-order valence-electron chi connectivity index (χ4n) is 3.35. The van der Waals surface area contributed by atoms with Gasteiger partial charge in [0, 0.05) is 24.2 Å². The van der Waals surface area contributed by atoms with Crippen LogP contribution in [0.5, 0.6) is 0 Å². The number of carbonyl (C=O) groups is 2. The first kappa shape index (κ1) is 17.4. The van der Waals surface area contributed by atoms with E-state index in [2.05, 4.69) is 16.3 Å². The lowest BCUT2D eigenvalue weighted by molar-refractivity contribution is -0.139. The number of Topliss-reactive ketones (excluding diaryl/α,β-unsaturated/α-hetero) is 1. The van der Waals surface area contributed by atoms with Crippen LogP contribution in [0.3, 0.4) is 0 Å². The van der Waals surface area contributed by atoms with E-state index in [-0.39, 0.29) is 24.4 Å². The summed E-state index contributed by atoms with van der Waals surface area (Å²) in [6.45, 7) is 2.47. The summed E-state index contributed by atoms with van der Waals surface area (Å²) >= 11 is 0. The second-order valence-corrected chi connectivity index (χ2v) is 7.16. The molecule has 0 heterocycles. The largest absolute Gasteiger partial charge is 0.480 e. The monoisotopic (exact) mass is 341 g/mol. The second-order valence-electron chi connectivity index (χ2n) is 7.16. The van der Waals surface area contributed by atoms with Crippen molar-refractivity contribution in [2.24, 2.45) is 5.92 Å². The average Bonchev–Trinajstić information content (AvgIpc) is 3.33. The van der Waals surface area contributed by atoms with Gasteiger partial charge in [0.2, 0.25) is 0 Å². The van der Waals surface area contributed by atoms with Gasteiger partial charge in [-0.25, -0.2) is 0 Å². The Bertz CT molecular complexity index is 715. The second kappa shape index (κ2) is 7.24. The summed E-state index contributed by atoms with van der Waals surface area (Å²) in [6.07, 6.45) is 4.12. The summed E-state index contributed by atoms with van der Waals surface area (Å²) in [6, 6.07) is 7.69. The molecule has 0 saturated heterocycles. The quantitative estimate of drug-likeness (QED) is 0.706. The Morgan fingerprint density at radius 3 is 2.64 bits per heavy atom. The van der Waals surface area contributed by atoms with E-state index in [0.29, 0.717) is 22.7 Å². The standard InChI is InChI=1S/C19H23N3O3/c1-12(23)14-4-5-15(9-20)18(6-14)21-16-7-17(8-16)22(11-19(24)25)10-13-2-3-13/h4-6,13,16-17,21H,2-3,7-8,10-11H2,1H3,(H,24,25). The summed E-state index contributed by atoms with van der Waals surface area (Å²) in [5.41, 5.74) is 1.79. The summed E-state index contributed by atoms with van der Waals surface area (Å²) in [5.74, 6) is -0.155. The van der Waals surface area contributed by atoms with E-state index >= 15 is 0 Å². The number of rotatable bonds is 8. The first-order valence-electron chi connectivity index (χ1n) is 8.73. The zero-order valence-corrected chi connectivity index (χ0v) is 14.4. The molecule has 6 nitrogen and oxygen atoms in total. The van der Waals surface area contributed by atoms with Gasteiger partial charge in [-0.3, -0.25) is 14.5 Å². The van der Waals surface area contributed by atoms with Gasteiger partial charge in [0.1, 0.15) is 6.07 Å². The number of nitrogens with zero attached hydrogens (tertiary/aromatic N) is 2. The SMILES string of the molecule is CC(=O)c1ccc(C#N)c(NC2CC(N(CC(=O)O)CC3CC3)C2)c1. The van der Waals surface area contributed by atoms with Gasteiger partial charge in [0.15, 0.2) is 5.78 Å². The fraction of sp³-hybridized carbons (Fsp3) is 0.526. The van der Waals surface area contributed by atoms with Crippen LogP contribution in [0.25, 0.3) is 0 Å². The van der Waals surface area contributed by atoms with Crippen LogP contribution in [-0.2, 0) is 4.79 Å². The van der Waals surface area contributed by atoms with Crippen molar-refractivity contribution in [2.75, 3.05) is 18.4 Å². The molecular weight excluding hydrogens is 318 g/mol. The summed E-state index contributed by atoms with van der Waals surface area (Å²) < 4.78 is 0. The number of ketones is 1. The van der Waals surface area contributed by atoms with Gasteiger partial charge >= 0.3 is 5.97 Å². The van der Waals surface area contributed by atoms with Crippen molar-refractivity contribution in [1.29, 1.82) is 5.26 Å². The summed E-state index contributed by atoms with van der Waals surface area (Å²) in [4.78, 5) is 24.7. The van der Waals surface area contributed by atoms with Crippen LogP contribution in [0, 0.1) is 17.2 Å². The van der Waals surface area contributed by atoms with Crippen LogP contribution in [-0.4, -0.2) is 46.9 Å². The van der Waals surface area contributed by atoms with Gasteiger partial charge in [-0.05, 0) is 56.7 Å². The molecule has 25 heavy (non-hydrogen) atoms. The number of carbonyl (C=O) groups excluding carboxylic acids is 1. The zero-order valence-electron chi connectivity index (χ0n) is 14.4. The molecule has 0 unspecified atom stereocenters. The van der Waals surface area contributed by atoms with E-state index in [0.717, 1.165) is 19.4 Å². The molecule has 0 bridgehead atoms. The number of benzene rings is 1. The molecule has 2 saturated carbocycles. The highest BCUT2D eigenvalue weighted by molar-refractivity contribution is 5.95. The lowest BCUT2D eigenvalue weighted by Crippen LogP contribution is -2.52. The Morgan fingerprint density at radius 2 is 2.08 bits per heavy atom. The lowest BCUT2D eigenvalue weighted by Gasteiger charge is -2.43. The highest BCUT2D eigenvalue weighted by Crippen LogP contribution is 2.35. The third-order valence-electron chi connectivity index (χ3n) is 5.06. The molecule has 0 amide bonds. The zero-order chi connectivity index (χ0) is 18.0. The third-order valence-corrected chi connectivity index (χ3v) is 5.06. The lowest BCUT2D eigenvalue weighted by atomic mass is 9.84. The summed E-state index contributed by atoms with van der Waals surface area (Å²) in [5, 5.41) is 21.7. The molecule has 6 heteroatoms. The molecule has 0 spiro atoms. The van der Waals surface area contributed by atoms with E-state index in [4.69, 9.17) is 5.11 Å². The smallest absolute Gasteiger partial charge is 0.317 e. The molecule has 2 aliphatic rings. The summed E-state index contributed by atoms with van der Waals surface area (Å²) in [7, 11) is 0. The molecule has 3 rings (SSSR count). The van der Waals surface area contributed by atoms with Crippen LogP contribution in [0.2, 0.25) is 0 Å². The number of nitriles is 1. The number of hydrogen-bond acceptors (Lipinski definition) is 5. The van der Waals surface area contributed by atoms with Crippen LogP contribution >= 0.6 is 0 Å². The van der Waals surface area contributed by atoms with Gasteiger partial charge in [-0.2, -0.15) is 5.26 Å². The van der Waals surface area contributed by atoms with Crippen LogP contribution < -0.4 is 5.32 Å². The van der Waals surface area contributed by atoms with Crippen molar-refractivity contribution < 1.29 is 14.7 Å². The van der Waals surface area contributed by atoms with E-state index in [1.807, 2.05) is 0 Å². The topological polar surface area (TPSA) is 93.4 Å². The van der Waals surface area contributed by atoms with Gasteiger partial charge in [0.25, 0.3) is 0 Å². The number of hydrogen-bond donors (Lipinski definition) is 2. The van der Waals surface area contributed by atoms with E-state index in [9.17, 15) is 14.9 Å². The van der Waals surface area contributed by atoms with Crippen molar-refractivity contribution >= 4 is 17.4 Å². The molecule has 0 radical (unpaired) electrons. The molecule has 2 fully saturated rings. The fourth-order valence-corrected chi connectivity index (χ4v) is 3.35. The minimum atomic E-state index is -0.780. The predicted molar refractivity (Wildman–Crippen MR) is 93.5 cm³/mol. The van der Waals surface area contributed by atoms with E-state index < -0.39 is 5.97 Å². The molecule has 0 aromatic heterocycles. The number of carboxylic acid groups (broad SMARTS) is 1. The van der Waals surface area contributed by atoms with Gasteiger partial charge in [-0.1, -0.05) is 0 Å². The number of carboxylic acids is 1. The molecule has 0 atom stereocenters. The van der Waals surface area contributed by atoms with Crippen molar-refractivity contribution in [3.8, 4) is 6.07 Å². The minimum absolute atomic E-state index is 0.0314. The molecule has 0 aliphatic heterocycles. The highest BCUT2D eigenvalue weighted by atomic mass is 16.4. The maximum atomic E-state index is 11.5. The molecule has 2 aliphatic carbocycles. The first-order valence-corrected chi connectivity index (χ1v) is 8.73. The Labute approximate surface area is 147 Å². The minimum Gasteiger partial charge on any atom is -0.480 e. The Balaban J connectivity index is 1.60. The number of anilines is 1. The maximum absolute atomic E-state index is 11.5. The molecule has 1 aromatic carbocycles. The van der Waals surface area contributed by atoms with Gasteiger partial charge < -0.3 is 10.4 Å². The van der Waals surface area contributed by atoms with E-state index in [1.54, 1.807) is 18.2 Å². The van der Waals surface area contributed by atoms with Crippen LogP contribution in [0.1, 0.15) is 48.5 Å². The Morgan fingerprint density at radius 1 is 1.36 bits per heavy atom. The Kier molecular flexibility index (Phi) is 5.05. The number of aliphatic carboxylic acids is 1. The van der Waals surface area contributed by atoms with Crippen molar-refractivity contribution in [3.05, 3.63) is 29.3 Å². The van der Waals surface area contributed by atoms with Crippen molar-refractivity contribution in [1.82, 2.24) is 4.90 Å². The first-order chi connectivity index (χ1) is 12.0. The van der Waals surface area contributed by atoms with Crippen LogP contribution in [0.4, 0.5) is 5.69 Å². The van der Waals surface area contributed by atoms with Crippen molar-refractivity contribution in [2.45, 2.75) is 44.7 Å². The van der Waals surface area contributed by atoms with Crippen molar-refractivity contribution in [3.63, 3.8) is 0 Å². The Hall–Kier alpha value is -2.39. The maximum Gasteiger partial charge on any atom is 0.317 e. The average molecular weight is 341 g/mol. The third kappa shape index (κ3) is 4.37. The molecule has 1 aromatic rings. The predicted octanol–water partition coefficient (Wildman–Crippen LogP) is 2.50.